The lowest BCUT2D eigenvalue weighted by Gasteiger charge is -2.37. The van der Waals surface area contributed by atoms with Gasteiger partial charge in [0, 0.05) is 44.0 Å². The number of methoxy groups -OCH3 is 1. The van der Waals surface area contributed by atoms with Crippen LogP contribution >= 0.6 is 0 Å². The van der Waals surface area contributed by atoms with Gasteiger partial charge in [-0.15, -0.1) is 0 Å². The average molecular weight is 481 g/mol. The van der Waals surface area contributed by atoms with Gasteiger partial charge in [0.1, 0.15) is 11.4 Å². The summed E-state index contributed by atoms with van der Waals surface area (Å²) in [5.74, 6) is 1.17. The first-order valence-electron chi connectivity index (χ1n) is 11.5. The van der Waals surface area contributed by atoms with Gasteiger partial charge in [0.05, 0.1) is 29.9 Å². The van der Waals surface area contributed by atoms with Gasteiger partial charge in [-0.3, -0.25) is 9.69 Å². The molecule has 2 fully saturated rings. The molecule has 8 nitrogen and oxygen atoms in total. The van der Waals surface area contributed by atoms with Gasteiger partial charge in [0.2, 0.25) is 0 Å². The van der Waals surface area contributed by atoms with Crippen molar-refractivity contribution in [3.05, 3.63) is 66.4 Å². The fourth-order valence-corrected chi connectivity index (χ4v) is 6.49. The quantitative estimate of drug-likeness (QED) is 0.558. The molecule has 178 valence electrons. The number of carbonyl (C=O) groups is 1. The number of amides is 1. The fourth-order valence-electron chi connectivity index (χ4n) is 4.73. The third-order valence-electron chi connectivity index (χ3n) is 6.66. The van der Waals surface area contributed by atoms with Crippen LogP contribution in [0.3, 0.4) is 0 Å². The largest absolute Gasteiger partial charge is 0.497 e. The highest BCUT2D eigenvalue weighted by Gasteiger charge is 2.35. The fraction of sp³-hybridized carbons (Fsp3) is 0.360. The zero-order valence-electron chi connectivity index (χ0n) is 19.1. The summed E-state index contributed by atoms with van der Waals surface area (Å²) < 4.78 is 30.7. The third kappa shape index (κ3) is 4.58. The van der Waals surface area contributed by atoms with Crippen molar-refractivity contribution < 1.29 is 17.9 Å². The molecule has 5 rings (SSSR count). The summed E-state index contributed by atoms with van der Waals surface area (Å²) in [6, 6.07) is 17.3. The Labute approximate surface area is 199 Å². The van der Waals surface area contributed by atoms with Gasteiger partial charge in [0.15, 0.2) is 9.84 Å². The molecular formula is C25H28N4O4S. The molecule has 1 amide bonds. The van der Waals surface area contributed by atoms with E-state index in [1.807, 2.05) is 59.5 Å². The maximum Gasteiger partial charge on any atom is 0.257 e. The van der Waals surface area contributed by atoms with Crippen LogP contribution in [0.25, 0.3) is 16.9 Å². The first-order valence-corrected chi connectivity index (χ1v) is 13.3. The van der Waals surface area contributed by atoms with Crippen LogP contribution in [0, 0.1) is 0 Å². The highest BCUT2D eigenvalue weighted by atomic mass is 32.2. The van der Waals surface area contributed by atoms with E-state index in [0.717, 1.165) is 17.0 Å². The summed E-state index contributed by atoms with van der Waals surface area (Å²) in [6.07, 6.45) is 2.48. The van der Waals surface area contributed by atoms with E-state index in [1.54, 1.807) is 18.0 Å². The Hall–Kier alpha value is -3.17. The molecule has 0 aliphatic carbocycles. The maximum absolute atomic E-state index is 13.6. The number of hydrogen-bond acceptors (Lipinski definition) is 6. The number of hydrogen-bond donors (Lipinski definition) is 0. The Kier molecular flexibility index (Phi) is 6.14. The van der Waals surface area contributed by atoms with E-state index < -0.39 is 9.84 Å². The van der Waals surface area contributed by atoms with Crippen molar-refractivity contribution in [3.63, 3.8) is 0 Å². The smallest absolute Gasteiger partial charge is 0.257 e. The monoisotopic (exact) mass is 480 g/mol. The molecule has 1 unspecified atom stereocenters. The predicted molar refractivity (Wildman–Crippen MR) is 130 cm³/mol. The van der Waals surface area contributed by atoms with Crippen molar-refractivity contribution in [1.29, 1.82) is 0 Å². The molecule has 2 aliphatic heterocycles. The third-order valence-corrected chi connectivity index (χ3v) is 8.41. The number of sulfone groups is 1. The molecule has 2 saturated heterocycles. The number of benzene rings is 2. The number of para-hydroxylation sites is 1. The summed E-state index contributed by atoms with van der Waals surface area (Å²) in [5, 5.41) is 4.77. The Morgan fingerprint density at radius 2 is 1.71 bits per heavy atom. The highest BCUT2D eigenvalue weighted by Crippen LogP contribution is 2.28. The van der Waals surface area contributed by atoms with Crippen LogP contribution in [0.5, 0.6) is 5.75 Å². The number of carbonyl (C=O) groups excluding carboxylic acids is 1. The van der Waals surface area contributed by atoms with Crippen molar-refractivity contribution in [1.82, 2.24) is 19.6 Å². The molecule has 1 aromatic heterocycles. The molecule has 2 aliphatic rings. The van der Waals surface area contributed by atoms with Gasteiger partial charge in [-0.1, -0.05) is 18.2 Å². The minimum absolute atomic E-state index is 0.0632. The van der Waals surface area contributed by atoms with Crippen LogP contribution < -0.4 is 4.74 Å². The molecule has 34 heavy (non-hydrogen) atoms. The van der Waals surface area contributed by atoms with Crippen molar-refractivity contribution >= 4 is 15.7 Å². The Balaban J connectivity index is 1.39. The average Bonchev–Trinajstić information content (AvgIpc) is 3.48. The lowest BCUT2D eigenvalue weighted by atomic mass is 10.1. The number of rotatable bonds is 5. The molecule has 0 spiro atoms. The van der Waals surface area contributed by atoms with Gasteiger partial charge in [-0.2, -0.15) is 5.10 Å². The van der Waals surface area contributed by atoms with E-state index in [0.29, 0.717) is 43.9 Å². The Bertz CT molecular complexity index is 1260. The lowest BCUT2D eigenvalue weighted by molar-refractivity contribution is 0.0588. The summed E-state index contributed by atoms with van der Waals surface area (Å²) in [4.78, 5) is 17.7. The molecule has 0 N–H and O–H groups in total. The van der Waals surface area contributed by atoms with E-state index in [4.69, 9.17) is 9.84 Å². The minimum atomic E-state index is -2.92. The van der Waals surface area contributed by atoms with Crippen molar-refractivity contribution in [2.75, 3.05) is 44.8 Å². The number of ether oxygens (including phenoxy) is 1. The van der Waals surface area contributed by atoms with E-state index >= 15 is 0 Å². The van der Waals surface area contributed by atoms with E-state index in [-0.39, 0.29) is 23.5 Å². The van der Waals surface area contributed by atoms with Crippen molar-refractivity contribution in [2.45, 2.75) is 12.5 Å². The second kappa shape index (κ2) is 9.23. The molecule has 1 atom stereocenters. The van der Waals surface area contributed by atoms with E-state index in [1.165, 1.54) is 0 Å². The molecule has 9 heteroatoms. The minimum Gasteiger partial charge on any atom is -0.497 e. The summed E-state index contributed by atoms with van der Waals surface area (Å²) in [5.41, 5.74) is 2.89. The number of piperazine rings is 1. The second-order valence-electron chi connectivity index (χ2n) is 8.79. The van der Waals surface area contributed by atoms with Crippen LogP contribution in [0.4, 0.5) is 0 Å². The van der Waals surface area contributed by atoms with Gasteiger partial charge in [-0.25, -0.2) is 13.1 Å². The van der Waals surface area contributed by atoms with Crippen molar-refractivity contribution in [2.24, 2.45) is 0 Å². The van der Waals surface area contributed by atoms with Crippen molar-refractivity contribution in [3.8, 4) is 22.7 Å². The summed E-state index contributed by atoms with van der Waals surface area (Å²) in [6.45, 7) is 2.48. The van der Waals surface area contributed by atoms with Crippen LogP contribution in [-0.2, 0) is 9.84 Å². The molecule has 3 heterocycles. The standard InChI is InChI=1S/C25H28N4O4S/c1-33-22-9-7-19(8-10-22)24-23(17-29(26-24)20-5-3-2-4-6-20)25(30)28-14-12-27(13-15-28)21-11-16-34(31,32)18-21/h2-10,17,21H,11-16,18H2,1H3. The normalized spacial score (nSPS) is 20.4. The summed E-state index contributed by atoms with van der Waals surface area (Å²) >= 11 is 0. The molecule has 3 aromatic rings. The first kappa shape index (κ1) is 22.6. The molecule has 0 bridgehead atoms. The first-order chi connectivity index (χ1) is 16.4. The molecule has 0 saturated carbocycles. The van der Waals surface area contributed by atoms with Crippen LogP contribution in [-0.4, -0.2) is 84.7 Å². The maximum atomic E-state index is 13.6. The van der Waals surface area contributed by atoms with Crippen LogP contribution in [0.2, 0.25) is 0 Å². The summed E-state index contributed by atoms with van der Waals surface area (Å²) in [7, 11) is -1.30. The van der Waals surface area contributed by atoms with Crippen LogP contribution in [0.15, 0.2) is 60.8 Å². The molecule has 0 radical (unpaired) electrons. The predicted octanol–water partition coefficient (Wildman–Crippen LogP) is 2.49. The van der Waals surface area contributed by atoms with Gasteiger partial charge < -0.3 is 9.64 Å². The van der Waals surface area contributed by atoms with Gasteiger partial charge in [-0.05, 0) is 42.8 Å². The molecular weight excluding hydrogens is 452 g/mol. The van der Waals surface area contributed by atoms with E-state index in [2.05, 4.69) is 4.90 Å². The zero-order chi connectivity index (χ0) is 23.7. The molecule has 2 aromatic carbocycles. The topological polar surface area (TPSA) is 84.7 Å². The lowest BCUT2D eigenvalue weighted by Crippen LogP contribution is -2.52. The second-order valence-corrected chi connectivity index (χ2v) is 11.0. The Morgan fingerprint density at radius 3 is 2.32 bits per heavy atom. The number of aromatic nitrogens is 2. The zero-order valence-corrected chi connectivity index (χ0v) is 19.9. The number of nitrogens with zero attached hydrogens (tertiary/aromatic N) is 4. The van der Waals surface area contributed by atoms with E-state index in [9.17, 15) is 13.2 Å². The van der Waals surface area contributed by atoms with Crippen LogP contribution in [0.1, 0.15) is 16.8 Å². The SMILES string of the molecule is COc1ccc(-c2nn(-c3ccccc3)cc2C(=O)N2CCN(C3CCS(=O)(=O)C3)CC2)cc1. The highest BCUT2D eigenvalue weighted by molar-refractivity contribution is 7.91. The van der Waals surface area contributed by atoms with Gasteiger partial charge in [0.25, 0.3) is 5.91 Å². The van der Waals surface area contributed by atoms with Gasteiger partial charge >= 0.3 is 0 Å². The Morgan fingerprint density at radius 1 is 1.00 bits per heavy atom.